The molecule has 0 radical (unpaired) electrons. The number of carbonyl (C=O) groups excluding carboxylic acids is 2. The fourth-order valence-corrected chi connectivity index (χ4v) is 1.92. The summed E-state index contributed by atoms with van der Waals surface area (Å²) in [5.41, 5.74) is 0.974. The molecule has 0 unspecified atom stereocenters. The van der Waals surface area contributed by atoms with Crippen LogP contribution in [0.1, 0.15) is 50.7 Å². The van der Waals surface area contributed by atoms with E-state index in [1.165, 1.54) is 12.2 Å². The van der Waals surface area contributed by atoms with E-state index in [2.05, 4.69) is 0 Å². The molecule has 1 aromatic rings. The second-order valence-corrected chi connectivity index (χ2v) is 5.07. The fourth-order valence-electron chi connectivity index (χ4n) is 1.92. The van der Waals surface area contributed by atoms with Crippen LogP contribution in [0.5, 0.6) is 0 Å². The molecule has 4 nitrogen and oxygen atoms in total. The molecule has 0 aliphatic heterocycles. The smallest absolute Gasteiger partial charge is 0.159 e. The number of hydrogen-bond donors (Lipinski definition) is 2. The molecule has 118 valence electrons. The predicted octanol–water partition coefficient (Wildman–Crippen LogP) is 4.22. The molecular weight excluding hydrogens is 280 g/mol. The Bertz CT molecular complexity index is 527. The number of hydrogen-bond acceptors (Lipinski definition) is 4. The normalized spacial score (nSPS) is 12.3. The maximum absolute atomic E-state index is 11.5. The minimum absolute atomic E-state index is 0.101. The van der Waals surface area contributed by atoms with E-state index >= 15 is 0 Å². The maximum Gasteiger partial charge on any atom is 0.159 e. The average molecular weight is 302 g/mol. The zero-order chi connectivity index (χ0) is 16.5. The van der Waals surface area contributed by atoms with Crippen LogP contribution in [0.25, 0.3) is 11.5 Å². The second-order valence-electron chi connectivity index (χ2n) is 5.07. The Hall–Kier alpha value is -2.36. The quantitative estimate of drug-likeness (QED) is 0.557. The first-order valence-electron chi connectivity index (χ1n) is 7.45. The lowest BCUT2D eigenvalue weighted by Gasteiger charge is -2.04. The number of allylic oxidation sites excluding steroid dienone is 2. The van der Waals surface area contributed by atoms with Crippen molar-refractivity contribution in [2.24, 2.45) is 0 Å². The summed E-state index contributed by atoms with van der Waals surface area (Å²) >= 11 is 0. The van der Waals surface area contributed by atoms with Crippen molar-refractivity contribution in [3.05, 3.63) is 47.5 Å². The van der Waals surface area contributed by atoms with Gasteiger partial charge in [-0.05, 0) is 12.8 Å². The summed E-state index contributed by atoms with van der Waals surface area (Å²) in [6.45, 7) is 3.79. The van der Waals surface area contributed by atoms with Gasteiger partial charge in [-0.15, -0.1) is 0 Å². The van der Waals surface area contributed by atoms with Crippen molar-refractivity contribution in [1.82, 2.24) is 0 Å². The lowest BCUT2D eigenvalue weighted by atomic mass is 10.1. The first-order chi connectivity index (χ1) is 10.5. The average Bonchev–Trinajstić information content (AvgIpc) is 2.47. The number of rotatable bonds is 8. The van der Waals surface area contributed by atoms with Crippen LogP contribution in [0.15, 0.2) is 36.4 Å². The van der Waals surface area contributed by atoms with Crippen molar-refractivity contribution in [2.45, 2.75) is 39.5 Å². The van der Waals surface area contributed by atoms with Crippen LogP contribution in [0.4, 0.5) is 0 Å². The van der Waals surface area contributed by atoms with E-state index in [9.17, 15) is 19.8 Å². The van der Waals surface area contributed by atoms with E-state index in [4.69, 9.17) is 0 Å². The third kappa shape index (κ3) is 5.56. The molecule has 0 heterocycles. The van der Waals surface area contributed by atoms with E-state index in [1.54, 1.807) is 24.3 Å². The molecule has 0 saturated heterocycles. The van der Waals surface area contributed by atoms with Crippen molar-refractivity contribution in [3.8, 4) is 0 Å². The molecular formula is C18H22O4. The van der Waals surface area contributed by atoms with Crippen LogP contribution in [-0.2, 0) is 9.59 Å². The van der Waals surface area contributed by atoms with Crippen molar-refractivity contribution < 1.29 is 19.8 Å². The van der Waals surface area contributed by atoms with E-state index in [0.29, 0.717) is 24.0 Å². The van der Waals surface area contributed by atoms with Gasteiger partial charge in [0.2, 0.25) is 0 Å². The number of ketones is 2. The number of carbonyl (C=O) groups is 2. The summed E-state index contributed by atoms with van der Waals surface area (Å²) in [7, 11) is 0. The molecule has 4 heteroatoms. The summed E-state index contributed by atoms with van der Waals surface area (Å²) in [4.78, 5) is 22.9. The third-order valence-corrected chi connectivity index (χ3v) is 3.06. The zero-order valence-corrected chi connectivity index (χ0v) is 13.0. The SMILES string of the molecule is CCCC(=O)/C=C(\O)c1ccc(/C(O)=C/C(=O)CCC)cc1. The number of aliphatic hydroxyl groups is 2. The molecule has 0 amide bonds. The summed E-state index contributed by atoms with van der Waals surface area (Å²) in [5, 5.41) is 19.7. The topological polar surface area (TPSA) is 74.6 Å². The molecule has 1 aromatic carbocycles. The van der Waals surface area contributed by atoms with Gasteiger partial charge < -0.3 is 10.2 Å². The van der Waals surface area contributed by atoms with Gasteiger partial charge in [-0.2, -0.15) is 0 Å². The highest BCUT2D eigenvalue weighted by Gasteiger charge is 2.06. The van der Waals surface area contributed by atoms with Gasteiger partial charge in [0.25, 0.3) is 0 Å². The maximum atomic E-state index is 11.5. The van der Waals surface area contributed by atoms with Gasteiger partial charge in [-0.1, -0.05) is 38.1 Å². The Morgan fingerprint density at radius 1 is 0.818 bits per heavy atom. The van der Waals surface area contributed by atoms with E-state index in [-0.39, 0.29) is 23.1 Å². The molecule has 1 rings (SSSR count). The lowest BCUT2D eigenvalue weighted by molar-refractivity contribution is -0.115. The molecule has 0 fully saturated rings. The minimum Gasteiger partial charge on any atom is -0.507 e. The van der Waals surface area contributed by atoms with Gasteiger partial charge in [-0.3, -0.25) is 9.59 Å². The third-order valence-electron chi connectivity index (χ3n) is 3.06. The minimum atomic E-state index is -0.128. The van der Waals surface area contributed by atoms with Crippen molar-refractivity contribution >= 4 is 23.1 Å². The summed E-state index contributed by atoms with van der Waals surface area (Å²) < 4.78 is 0. The van der Waals surface area contributed by atoms with Crippen LogP contribution in [-0.4, -0.2) is 21.8 Å². The molecule has 0 aliphatic carbocycles. The molecule has 0 aliphatic rings. The van der Waals surface area contributed by atoms with Gasteiger partial charge in [0.1, 0.15) is 11.5 Å². The highest BCUT2D eigenvalue weighted by Crippen LogP contribution is 2.17. The lowest BCUT2D eigenvalue weighted by Crippen LogP contribution is -1.95. The fraction of sp³-hybridized carbons (Fsp3) is 0.333. The zero-order valence-electron chi connectivity index (χ0n) is 13.0. The highest BCUT2D eigenvalue weighted by molar-refractivity contribution is 5.96. The summed E-state index contributed by atoms with van der Waals surface area (Å²) in [6.07, 6.45) is 4.66. The van der Waals surface area contributed by atoms with Crippen LogP contribution in [0.2, 0.25) is 0 Å². The monoisotopic (exact) mass is 302 g/mol. The second kappa shape index (κ2) is 8.82. The number of aliphatic hydroxyl groups excluding tert-OH is 2. The summed E-state index contributed by atoms with van der Waals surface area (Å²) in [6, 6.07) is 6.37. The van der Waals surface area contributed by atoms with Gasteiger partial charge in [0.05, 0.1) is 0 Å². The molecule has 0 atom stereocenters. The Labute approximate surface area is 130 Å². The van der Waals surface area contributed by atoms with Crippen LogP contribution in [0.3, 0.4) is 0 Å². The Kier molecular flexibility index (Phi) is 7.09. The molecule has 22 heavy (non-hydrogen) atoms. The van der Waals surface area contributed by atoms with Crippen molar-refractivity contribution in [1.29, 1.82) is 0 Å². The Morgan fingerprint density at radius 3 is 1.41 bits per heavy atom. The van der Waals surface area contributed by atoms with Gasteiger partial charge in [0, 0.05) is 36.1 Å². The van der Waals surface area contributed by atoms with E-state index < -0.39 is 0 Å². The highest BCUT2D eigenvalue weighted by atomic mass is 16.3. The number of benzene rings is 1. The summed E-state index contributed by atoms with van der Waals surface area (Å²) in [5.74, 6) is -0.458. The standard InChI is InChI=1S/C18H22O4/c1-3-5-15(19)11-17(21)13-7-9-14(10-8-13)18(22)12-16(20)6-4-2/h7-12,21-22H,3-6H2,1-2H3/b17-11-,18-12-. The van der Waals surface area contributed by atoms with Crippen molar-refractivity contribution in [3.63, 3.8) is 0 Å². The first kappa shape index (κ1) is 17.7. The molecule has 0 saturated carbocycles. The Balaban J connectivity index is 2.86. The molecule has 0 spiro atoms. The van der Waals surface area contributed by atoms with E-state index in [0.717, 1.165) is 12.8 Å². The molecule has 2 N–H and O–H groups in total. The largest absolute Gasteiger partial charge is 0.507 e. The van der Waals surface area contributed by atoms with Crippen LogP contribution < -0.4 is 0 Å². The van der Waals surface area contributed by atoms with Gasteiger partial charge in [-0.25, -0.2) is 0 Å². The van der Waals surface area contributed by atoms with Gasteiger partial charge >= 0.3 is 0 Å². The first-order valence-corrected chi connectivity index (χ1v) is 7.45. The molecule has 0 bridgehead atoms. The Morgan fingerprint density at radius 2 is 1.14 bits per heavy atom. The van der Waals surface area contributed by atoms with Crippen LogP contribution >= 0.6 is 0 Å². The predicted molar refractivity (Wildman–Crippen MR) is 87.5 cm³/mol. The molecule has 0 aromatic heterocycles. The van der Waals surface area contributed by atoms with Crippen molar-refractivity contribution in [2.75, 3.05) is 0 Å². The van der Waals surface area contributed by atoms with E-state index in [1.807, 2.05) is 13.8 Å². The van der Waals surface area contributed by atoms with Gasteiger partial charge in [0.15, 0.2) is 11.6 Å². The van der Waals surface area contributed by atoms with Crippen LogP contribution in [0, 0.1) is 0 Å².